The van der Waals surface area contributed by atoms with Crippen LogP contribution in [0.25, 0.3) is 0 Å². The molecule has 1 heterocycles. The lowest BCUT2D eigenvalue weighted by Crippen LogP contribution is -2.38. The topological polar surface area (TPSA) is 63.4 Å². The van der Waals surface area contributed by atoms with Crippen molar-refractivity contribution in [2.24, 2.45) is 17.7 Å². The molecule has 0 bridgehead atoms. The van der Waals surface area contributed by atoms with E-state index in [1.54, 1.807) is 0 Å². The van der Waals surface area contributed by atoms with Gasteiger partial charge in [-0.25, -0.2) is 10.9 Å². The molecular weight excluding hydrogens is 156 g/mol. The van der Waals surface area contributed by atoms with E-state index in [0.717, 1.165) is 17.9 Å². The summed E-state index contributed by atoms with van der Waals surface area (Å²) in [6.07, 6.45) is 3.68. The van der Waals surface area contributed by atoms with E-state index in [4.69, 9.17) is 5.84 Å². The summed E-state index contributed by atoms with van der Waals surface area (Å²) in [6, 6.07) is 0. The molecule has 1 aliphatic carbocycles. The van der Waals surface area contributed by atoms with E-state index in [2.05, 4.69) is 0 Å². The zero-order valence-electron chi connectivity index (χ0n) is 6.82. The number of hydrogen-bond acceptors (Lipinski definition) is 3. The number of nitrogens with two attached hydrogens (primary N) is 1. The molecule has 2 rings (SSSR count). The van der Waals surface area contributed by atoms with E-state index in [9.17, 15) is 9.59 Å². The molecule has 12 heavy (non-hydrogen) atoms. The number of nitrogens with zero attached hydrogens (tertiary/aromatic N) is 1. The first kappa shape index (κ1) is 7.73. The van der Waals surface area contributed by atoms with Gasteiger partial charge in [0.25, 0.3) is 0 Å². The Morgan fingerprint density at radius 2 is 2.00 bits per heavy atom. The molecule has 1 unspecified atom stereocenters. The minimum Gasteiger partial charge on any atom is -0.273 e. The van der Waals surface area contributed by atoms with Gasteiger partial charge in [-0.2, -0.15) is 0 Å². The Morgan fingerprint density at radius 1 is 1.33 bits per heavy atom. The van der Waals surface area contributed by atoms with Crippen molar-refractivity contribution in [2.45, 2.75) is 25.7 Å². The number of carbonyl (C=O) groups excluding carboxylic acids is 2. The number of hydrogen-bond donors (Lipinski definition) is 1. The van der Waals surface area contributed by atoms with Crippen LogP contribution < -0.4 is 5.84 Å². The third-order valence-electron chi connectivity index (χ3n) is 2.94. The lowest BCUT2D eigenvalue weighted by molar-refractivity contribution is -0.140. The van der Waals surface area contributed by atoms with Gasteiger partial charge < -0.3 is 0 Å². The van der Waals surface area contributed by atoms with Crippen LogP contribution in [-0.4, -0.2) is 16.8 Å². The molecule has 2 aliphatic rings. The molecule has 4 nitrogen and oxygen atoms in total. The molecule has 0 aromatic heterocycles. The molecule has 1 atom stereocenters. The van der Waals surface area contributed by atoms with E-state index in [0.29, 0.717) is 12.3 Å². The SMILES string of the molecule is NN1C(=O)CC(C2CCC2)C1=O. The molecule has 0 spiro atoms. The van der Waals surface area contributed by atoms with Gasteiger partial charge in [0, 0.05) is 6.42 Å². The van der Waals surface area contributed by atoms with Crippen LogP contribution in [0.2, 0.25) is 0 Å². The van der Waals surface area contributed by atoms with Gasteiger partial charge in [0.2, 0.25) is 11.8 Å². The highest BCUT2D eigenvalue weighted by Gasteiger charge is 2.43. The van der Waals surface area contributed by atoms with Crippen molar-refractivity contribution in [3.05, 3.63) is 0 Å². The van der Waals surface area contributed by atoms with E-state index >= 15 is 0 Å². The van der Waals surface area contributed by atoms with E-state index in [-0.39, 0.29) is 17.7 Å². The molecule has 1 saturated carbocycles. The molecule has 66 valence electrons. The molecule has 1 saturated heterocycles. The van der Waals surface area contributed by atoms with Crippen molar-refractivity contribution in [3.8, 4) is 0 Å². The third kappa shape index (κ3) is 0.948. The Hall–Kier alpha value is -0.900. The van der Waals surface area contributed by atoms with Gasteiger partial charge in [-0.05, 0) is 18.8 Å². The summed E-state index contributed by atoms with van der Waals surface area (Å²) < 4.78 is 0. The molecular formula is C8H12N2O2. The van der Waals surface area contributed by atoms with Crippen molar-refractivity contribution in [1.82, 2.24) is 5.01 Å². The largest absolute Gasteiger partial charge is 0.273 e. The van der Waals surface area contributed by atoms with Crippen molar-refractivity contribution in [3.63, 3.8) is 0 Å². The summed E-state index contributed by atoms with van der Waals surface area (Å²) in [5, 5.41) is 0.781. The Bertz CT molecular complexity index is 235. The zero-order valence-corrected chi connectivity index (χ0v) is 6.82. The first-order chi connectivity index (χ1) is 5.70. The van der Waals surface area contributed by atoms with Crippen LogP contribution in [0.4, 0.5) is 0 Å². The molecule has 1 aliphatic heterocycles. The van der Waals surface area contributed by atoms with Crippen molar-refractivity contribution < 1.29 is 9.59 Å². The second-order valence-corrected chi connectivity index (χ2v) is 3.60. The minimum absolute atomic E-state index is 0.101. The fourth-order valence-corrected chi connectivity index (χ4v) is 1.89. The molecule has 2 amide bonds. The van der Waals surface area contributed by atoms with Crippen LogP contribution in [0, 0.1) is 11.8 Å². The molecule has 0 aromatic rings. The second-order valence-electron chi connectivity index (χ2n) is 3.60. The highest BCUT2D eigenvalue weighted by Crippen LogP contribution is 2.38. The third-order valence-corrected chi connectivity index (χ3v) is 2.94. The smallest absolute Gasteiger partial charge is 0.247 e. The number of carbonyl (C=O) groups is 2. The fourth-order valence-electron chi connectivity index (χ4n) is 1.89. The van der Waals surface area contributed by atoms with Gasteiger partial charge in [0.15, 0.2) is 0 Å². The minimum atomic E-state index is -0.225. The first-order valence-electron chi connectivity index (χ1n) is 4.31. The fraction of sp³-hybridized carbons (Fsp3) is 0.750. The van der Waals surface area contributed by atoms with E-state index < -0.39 is 0 Å². The number of imide groups is 1. The summed E-state index contributed by atoms with van der Waals surface area (Å²) in [5.41, 5.74) is 0. The molecule has 2 fully saturated rings. The normalized spacial score (nSPS) is 31.1. The number of rotatable bonds is 1. The quantitative estimate of drug-likeness (QED) is 0.341. The Balaban J connectivity index is 2.08. The van der Waals surface area contributed by atoms with Crippen molar-refractivity contribution in [1.29, 1.82) is 0 Å². The molecule has 4 heteroatoms. The summed E-state index contributed by atoms with van der Waals surface area (Å²) in [6.45, 7) is 0. The number of hydrazine groups is 1. The Labute approximate surface area is 70.7 Å². The summed E-state index contributed by atoms with van der Waals surface area (Å²) in [5.74, 6) is 5.19. The van der Waals surface area contributed by atoms with Crippen LogP contribution in [0.15, 0.2) is 0 Å². The standard InChI is InChI=1S/C8H12N2O2/c9-10-7(11)4-6(8(10)12)5-2-1-3-5/h5-6H,1-4,9H2. The maximum atomic E-state index is 11.3. The molecule has 2 N–H and O–H groups in total. The van der Waals surface area contributed by atoms with Crippen LogP contribution in [0.1, 0.15) is 25.7 Å². The van der Waals surface area contributed by atoms with Crippen LogP contribution >= 0.6 is 0 Å². The highest BCUT2D eigenvalue weighted by molar-refractivity contribution is 6.02. The lowest BCUT2D eigenvalue weighted by atomic mass is 9.75. The average molecular weight is 168 g/mol. The maximum absolute atomic E-state index is 11.3. The predicted octanol–water partition coefficient (Wildman–Crippen LogP) is 0.0353. The van der Waals surface area contributed by atoms with Gasteiger partial charge in [0.05, 0.1) is 5.92 Å². The summed E-state index contributed by atoms with van der Waals surface area (Å²) in [7, 11) is 0. The van der Waals surface area contributed by atoms with Gasteiger partial charge >= 0.3 is 0 Å². The zero-order chi connectivity index (χ0) is 8.72. The highest BCUT2D eigenvalue weighted by atomic mass is 16.2. The average Bonchev–Trinajstić information content (AvgIpc) is 2.15. The second kappa shape index (κ2) is 2.55. The molecule has 0 radical (unpaired) electrons. The van der Waals surface area contributed by atoms with Crippen LogP contribution in [0.5, 0.6) is 0 Å². The van der Waals surface area contributed by atoms with Gasteiger partial charge in [-0.1, -0.05) is 6.42 Å². The Kier molecular flexibility index (Phi) is 1.65. The van der Waals surface area contributed by atoms with E-state index in [1.165, 1.54) is 6.42 Å². The van der Waals surface area contributed by atoms with E-state index in [1.807, 2.05) is 0 Å². The Morgan fingerprint density at radius 3 is 2.33 bits per heavy atom. The summed E-state index contributed by atoms with van der Waals surface area (Å²) >= 11 is 0. The first-order valence-corrected chi connectivity index (χ1v) is 4.31. The lowest BCUT2D eigenvalue weighted by Gasteiger charge is -2.29. The summed E-state index contributed by atoms with van der Waals surface area (Å²) in [4.78, 5) is 22.3. The van der Waals surface area contributed by atoms with Gasteiger partial charge in [-0.3, -0.25) is 9.59 Å². The molecule has 0 aromatic carbocycles. The van der Waals surface area contributed by atoms with Crippen molar-refractivity contribution in [2.75, 3.05) is 0 Å². The van der Waals surface area contributed by atoms with Crippen molar-refractivity contribution >= 4 is 11.8 Å². The maximum Gasteiger partial charge on any atom is 0.247 e. The monoisotopic (exact) mass is 168 g/mol. The van der Waals surface area contributed by atoms with Crippen LogP contribution in [0.3, 0.4) is 0 Å². The number of amides is 2. The van der Waals surface area contributed by atoms with Gasteiger partial charge in [-0.15, -0.1) is 0 Å². The van der Waals surface area contributed by atoms with Gasteiger partial charge in [0.1, 0.15) is 0 Å². The predicted molar refractivity (Wildman–Crippen MR) is 41.5 cm³/mol. The van der Waals surface area contributed by atoms with Crippen LogP contribution in [-0.2, 0) is 9.59 Å².